The normalized spacial score (nSPS) is 27.7. The molecule has 3 heterocycles. The highest BCUT2D eigenvalue weighted by atomic mass is 32.2. The van der Waals surface area contributed by atoms with E-state index in [0.717, 1.165) is 64.0 Å². The first-order valence-electron chi connectivity index (χ1n) is 14.4. The Labute approximate surface area is 226 Å². The van der Waals surface area contributed by atoms with Crippen molar-refractivity contribution in [2.45, 2.75) is 126 Å². The second kappa shape index (κ2) is 11.2. The Morgan fingerprint density at radius 2 is 1.62 bits per heavy atom. The molecule has 2 aliphatic carbocycles. The van der Waals surface area contributed by atoms with E-state index in [9.17, 15) is 9.59 Å². The molecule has 2 saturated carbocycles. The number of carbonyl (C=O) groups excluding carboxylic acids is 2. The van der Waals surface area contributed by atoms with Gasteiger partial charge in [0.1, 0.15) is 5.60 Å². The van der Waals surface area contributed by atoms with Crippen LogP contribution in [0.15, 0.2) is 5.03 Å². The van der Waals surface area contributed by atoms with Crippen molar-refractivity contribution in [3.8, 4) is 0 Å². The van der Waals surface area contributed by atoms with Crippen LogP contribution in [0.3, 0.4) is 0 Å². The Bertz CT molecular complexity index is 967. The molecule has 9 heteroatoms. The van der Waals surface area contributed by atoms with Gasteiger partial charge in [0.15, 0.2) is 0 Å². The van der Waals surface area contributed by atoms with Crippen molar-refractivity contribution in [1.29, 1.82) is 0 Å². The molecule has 1 atom stereocenters. The molecule has 1 saturated heterocycles. The summed E-state index contributed by atoms with van der Waals surface area (Å²) in [4.78, 5) is 30.0. The summed E-state index contributed by atoms with van der Waals surface area (Å²) >= 11 is 1.74. The van der Waals surface area contributed by atoms with Crippen LogP contribution in [0.25, 0.3) is 0 Å². The number of fused-ring (bicyclic) bond motifs is 1. The van der Waals surface area contributed by atoms with Crippen molar-refractivity contribution < 1.29 is 14.3 Å². The van der Waals surface area contributed by atoms with Gasteiger partial charge >= 0.3 is 6.09 Å². The van der Waals surface area contributed by atoms with Crippen LogP contribution in [-0.2, 0) is 16.0 Å². The molecule has 1 aromatic rings. The molecule has 8 nitrogen and oxygen atoms in total. The number of aromatic nitrogens is 2. The van der Waals surface area contributed by atoms with Gasteiger partial charge < -0.3 is 15.0 Å². The molecule has 2 aliphatic heterocycles. The largest absolute Gasteiger partial charge is 0.444 e. The first kappa shape index (κ1) is 26.9. The van der Waals surface area contributed by atoms with Gasteiger partial charge in [0.2, 0.25) is 5.91 Å². The highest BCUT2D eigenvalue weighted by Crippen LogP contribution is 2.42. The maximum Gasteiger partial charge on any atom is 0.410 e. The van der Waals surface area contributed by atoms with Crippen LogP contribution in [0.5, 0.6) is 0 Å². The number of nitrogens with one attached hydrogen (secondary N) is 1. The summed E-state index contributed by atoms with van der Waals surface area (Å²) in [5.74, 6) is 0.199. The fourth-order valence-corrected chi connectivity index (χ4v) is 7.84. The van der Waals surface area contributed by atoms with E-state index in [1.54, 1.807) is 11.8 Å². The lowest BCUT2D eigenvalue weighted by Crippen LogP contribution is -2.54. The minimum Gasteiger partial charge on any atom is -0.444 e. The van der Waals surface area contributed by atoms with Crippen LogP contribution >= 0.6 is 11.8 Å². The van der Waals surface area contributed by atoms with E-state index in [1.807, 2.05) is 25.7 Å². The molecule has 1 aromatic heterocycles. The predicted octanol–water partition coefficient (Wildman–Crippen LogP) is 4.69. The number of rotatable bonds is 4. The number of amides is 2. The van der Waals surface area contributed by atoms with E-state index >= 15 is 0 Å². The Morgan fingerprint density at radius 3 is 2.27 bits per heavy atom. The highest BCUT2D eigenvalue weighted by molar-refractivity contribution is 8.00. The molecule has 4 aliphatic rings. The van der Waals surface area contributed by atoms with E-state index in [0.29, 0.717) is 12.1 Å². The second-order valence-electron chi connectivity index (χ2n) is 12.4. The number of thioether (sulfide) groups is 1. The van der Waals surface area contributed by atoms with Gasteiger partial charge in [-0.15, -0.1) is 0 Å². The van der Waals surface area contributed by atoms with E-state index < -0.39 is 5.60 Å². The predicted molar refractivity (Wildman–Crippen MR) is 146 cm³/mol. The molecular weight excluding hydrogens is 486 g/mol. The van der Waals surface area contributed by atoms with Gasteiger partial charge in [0, 0.05) is 43.8 Å². The van der Waals surface area contributed by atoms with Gasteiger partial charge in [-0.3, -0.25) is 14.4 Å². The zero-order valence-electron chi connectivity index (χ0n) is 23.1. The summed E-state index contributed by atoms with van der Waals surface area (Å²) < 4.78 is 7.79. The molecule has 0 spiro atoms. The number of ether oxygens (including phenoxy) is 1. The molecule has 1 N–H and O–H groups in total. The SMILES string of the molecule is Cc1nn(C2CCCCC2)c2c1CC(C(=O)N[C@H]1CC[C@H](N3CCN(C(=O)OC(C)(C)C)CC3)CC1)S2. The highest BCUT2D eigenvalue weighted by Gasteiger charge is 2.37. The molecule has 3 fully saturated rings. The van der Waals surface area contributed by atoms with Gasteiger partial charge in [-0.1, -0.05) is 31.0 Å². The van der Waals surface area contributed by atoms with Gasteiger partial charge in [-0.05, 0) is 72.6 Å². The van der Waals surface area contributed by atoms with Crippen molar-refractivity contribution in [3.63, 3.8) is 0 Å². The molecule has 0 aromatic carbocycles. The third-order valence-corrected chi connectivity index (χ3v) is 9.86. The molecule has 0 radical (unpaired) electrons. The minimum atomic E-state index is -0.453. The third-order valence-electron chi connectivity index (χ3n) is 8.54. The lowest BCUT2D eigenvalue weighted by Gasteiger charge is -2.42. The molecule has 37 heavy (non-hydrogen) atoms. The molecular formula is C28H45N5O3S. The number of aryl methyl sites for hydroxylation is 1. The van der Waals surface area contributed by atoms with Crippen LogP contribution in [0, 0.1) is 6.92 Å². The summed E-state index contributed by atoms with van der Waals surface area (Å²) in [6, 6.07) is 1.32. The summed E-state index contributed by atoms with van der Waals surface area (Å²) in [7, 11) is 0. The fourth-order valence-electron chi connectivity index (χ4n) is 6.48. The maximum atomic E-state index is 13.2. The van der Waals surface area contributed by atoms with Crippen LogP contribution < -0.4 is 5.32 Å². The zero-order chi connectivity index (χ0) is 26.2. The lowest BCUT2D eigenvalue weighted by molar-refractivity contribution is -0.121. The first-order chi connectivity index (χ1) is 17.7. The van der Waals surface area contributed by atoms with Crippen LogP contribution in [0.4, 0.5) is 4.79 Å². The van der Waals surface area contributed by atoms with E-state index in [1.165, 1.54) is 42.7 Å². The van der Waals surface area contributed by atoms with Crippen molar-refractivity contribution in [2.24, 2.45) is 0 Å². The molecule has 206 valence electrons. The van der Waals surface area contributed by atoms with Crippen molar-refractivity contribution in [3.05, 3.63) is 11.3 Å². The second-order valence-corrected chi connectivity index (χ2v) is 13.6. The summed E-state index contributed by atoms with van der Waals surface area (Å²) in [5.41, 5.74) is 1.95. The molecule has 0 bridgehead atoms. The van der Waals surface area contributed by atoms with Crippen molar-refractivity contribution in [1.82, 2.24) is 24.9 Å². The van der Waals surface area contributed by atoms with Crippen molar-refractivity contribution in [2.75, 3.05) is 26.2 Å². The summed E-state index contributed by atoms with van der Waals surface area (Å²) in [5, 5.41) is 9.49. The average Bonchev–Trinajstić information content (AvgIpc) is 3.45. The molecule has 2 amide bonds. The van der Waals surface area contributed by atoms with Gasteiger partial charge in [0.25, 0.3) is 0 Å². The Hall–Kier alpha value is -1.74. The number of hydrogen-bond acceptors (Lipinski definition) is 6. The summed E-state index contributed by atoms with van der Waals surface area (Å²) in [6.45, 7) is 11.1. The number of piperazine rings is 1. The first-order valence-corrected chi connectivity index (χ1v) is 15.3. The Balaban J connectivity index is 1.06. The quantitative estimate of drug-likeness (QED) is 0.607. The zero-order valence-corrected chi connectivity index (χ0v) is 23.9. The van der Waals surface area contributed by atoms with E-state index in [-0.39, 0.29) is 23.3 Å². The minimum absolute atomic E-state index is 0.0276. The molecule has 5 rings (SSSR count). The van der Waals surface area contributed by atoms with Gasteiger partial charge in [-0.25, -0.2) is 4.79 Å². The van der Waals surface area contributed by atoms with Gasteiger partial charge in [0.05, 0.1) is 22.0 Å². The Kier molecular flexibility index (Phi) is 8.10. The van der Waals surface area contributed by atoms with E-state index in [4.69, 9.17) is 9.84 Å². The third kappa shape index (κ3) is 6.29. The smallest absolute Gasteiger partial charge is 0.410 e. The van der Waals surface area contributed by atoms with Gasteiger partial charge in [-0.2, -0.15) is 5.10 Å². The Morgan fingerprint density at radius 1 is 0.946 bits per heavy atom. The van der Waals surface area contributed by atoms with Crippen LogP contribution in [0.2, 0.25) is 0 Å². The number of carbonyl (C=O) groups is 2. The number of nitrogens with zero attached hydrogens (tertiary/aromatic N) is 4. The van der Waals surface area contributed by atoms with Crippen LogP contribution in [-0.4, -0.2) is 80.7 Å². The lowest BCUT2D eigenvalue weighted by atomic mass is 9.89. The van der Waals surface area contributed by atoms with Crippen molar-refractivity contribution >= 4 is 23.8 Å². The number of hydrogen-bond donors (Lipinski definition) is 1. The summed E-state index contributed by atoms with van der Waals surface area (Å²) in [6.07, 6.45) is 11.2. The average molecular weight is 532 g/mol. The maximum absolute atomic E-state index is 13.2. The van der Waals surface area contributed by atoms with E-state index in [2.05, 4.69) is 21.8 Å². The topological polar surface area (TPSA) is 79.7 Å². The monoisotopic (exact) mass is 531 g/mol. The van der Waals surface area contributed by atoms with Crippen LogP contribution in [0.1, 0.15) is 95.9 Å². The standard InChI is InChI=1S/C28H45N5O3S/c1-19-23-18-24(37-26(23)33(30-19)22-8-6-5-7-9-22)25(34)29-20-10-12-21(13-11-20)31-14-16-32(17-15-31)27(35)36-28(2,3)4/h20-22,24H,5-18H2,1-4H3,(H,29,34)/t20-,21-,24?. The molecule has 1 unspecified atom stereocenters. The fraction of sp³-hybridized carbons (Fsp3) is 0.821.